The Morgan fingerprint density at radius 1 is 1.26 bits per heavy atom. The first-order valence-electron chi connectivity index (χ1n) is 8.50. The fourth-order valence-corrected chi connectivity index (χ4v) is 3.72. The second-order valence-corrected chi connectivity index (χ2v) is 7.46. The number of anilines is 1. The summed E-state index contributed by atoms with van der Waals surface area (Å²) in [5, 5.41) is 3.57. The Bertz CT molecular complexity index is 890. The lowest BCUT2D eigenvalue weighted by Crippen LogP contribution is -2.26. The number of nitrogens with one attached hydrogen (secondary N) is 1. The summed E-state index contributed by atoms with van der Waals surface area (Å²) >= 11 is 1.18. The first kappa shape index (κ1) is 19.2. The maximum Gasteiger partial charge on any atom is 0.350 e. The minimum absolute atomic E-state index is 0.0182. The molecule has 0 unspecified atom stereocenters. The van der Waals surface area contributed by atoms with Gasteiger partial charge < -0.3 is 14.8 Å². The van der Waals surface area contributed by atoms with Crippen LogP contribution >= 0.6 is 11.3 Å². The van der Waals surface area contributed by atoms with Crippen molar-refractivity contribution in [3.05, 3.63) is 22.7 Å². The Morgan fingerprint density at radius 3 is 2.63 bits per heavy atom. The van der Waals surface area contributed by atoms with Gasteiger partial charge in [0, 0.05) is 17.8 Å². The molecule has 0 radical (unpaired) electrons. The molecular weight excluding hydrogens is 370 g/mol. The topological polar surface area (TPSA) is 97.8 Å². The van der Waals surface area contributed by atoms with Gasteiger partial charge in [0.25, 0.3) is 0 Å². The van der Waals surface area contributed by atoms with E-state index >= 15 is 0 Å². The molecule has 2 heterocycles. The average Bonchev–Trinajstić information content (AvgIpc) is 3.44. The summed E-state index contributed by atoms with van der Waals surface area (Å²) in [5.41, 5.74) is 1.20. The number of esters is 2. The van der Waals surface area contributed by atoms with Gasteiger partial charge in [-0.05, 0) is 32.0 Å². The Balaban J connectivity index is 1.88. The van der Waals surface area contributed by atoms with Crippen molar-refractivity contribution < 1.29 is 23.9 Å². The molecule has 0 aromatic carbocycles. The smallest absolute Gasteiger partial charge is 0.350 e. The van der Waals surface area contributed by atoms with Crippen molar-refractivity contribution >= 4 is 45.1 Å². The lowest BCUT2D eigenvalue weighted by atomic mass is 10.2. The first-order chi connectivity index (χ1) is 12.9. The zero-order chi connectivity index (χ0) is 19.6. The number of carbonyl (C=O) groups is 3. The highest BCUT2D eigenvalue weighted by Crippen LogP contribution is 2.37. The number of fused-ring (bicyclic) bond motifs is 1. The third-order valence-electron chi connectivity index (χ3n) is 4.24. The standard InChI is InChI=1S/C18H21N3O5S/c1-21(9-13(22)25-2)8-11-6-7-12-14(20-16(23)10-4-5-10)15(18(24)26-3)27-17(12)19-11/h6-7,10H,4-5,8-9H2,1-3H3,(H,20,23). The largest absolute Gasteiger partial charge is 0.468 e. The SMILES string of the molecule is COC(=O)CN(C)Cc1ccc2c(NC(=O)C3CC3)c(C(=O)OC)sc2n1. The van der Waals surface area contributed by atoms with Crippen molar-refractivity contribution in [2.45, 2.75) is 19.4 Å². The predicted molar refractivity (Wildman–Crippen MR) is 101 cm³/mol. The number of likely N-dealkylation sites (N-methyl/N-ethyl adjacent to an activating group) is 1. The lowest BCUT2D eigenvalue weighted by Gasteiger charge is -2.14. The van der Waals surface area contributed by atoms with Crippen molar-refractivity contribution in [1.29, 1.82) is 0 Å². The molecule has 2 aromatic rings. The summed E-state index contributed by atoms with van der Waals surface area (Å²) in [5.74, 6) is -0.896. The highest BCUT2D eigenvalue weighted by Gasteiger charge is 2.31. The van der Waals surface area contributed by atoms with Gasteiger partial charge in [0.2, 0.25) is 5.91 Å². The number of thiophene rings is 1. The Morgan fingerprint density at radius 2 is 2.00 bits per heavy atom. The minimum Gasteiger partial charge on any atom is -0.468 e. The van der Waals surface area contributed by atoms with Crippen LogP contribution in [0.15, 0.2) is 12.1 Å². The summed E-state index contributed by atoms with van der Waals surface area (Å²) in [6, 6.07) is 3.64. The van der Waals surface area contributed by atoms with E-state index in [1.54, 1.807) is 11.9 Å². The molecule has 1 amide bonds. The number of nitrogens with zero attached hydrogens (tertiary/aromatic N) is 2. The number of methoxy groups -OCH3 is 2. The number of rotatable bonds is 7. The number of ether oxygens (including phenoxy) is 2. The third kappa shape index (κ3) is 4.42. The van der Waals surface area contributed by atoms with Crippen LogP contribution in [0.4, 0.5) is 5.69 Å². The van der Waals surface area contributed by atoms with Crippen LogP contribution in [0.3, 0.4) is 0 Å². The van der Waals surface area contributed by atoms with Crippen LogP contribution < -0.4 is 5.32 Å². The molecule has 0 aliphatic heterocycles. The van der Waals surface area contributed by atoms with E-state index in [2.05, 4.69) is 15.0 Å². The van der Waals surface area contributed by atoms with Crippen molar-refractivity contribution in [1.82, 2.24) is 9.88 Å². The van der Waals surface area contributed by atoms with Gasteiger partial charge in [-0.15, -0.1) is 11.3 Å². The third-order valence-corrected chi connectivity index (χ3v) is 5.32. The minimum atomic E-state index is -0.506. The zero-order valence-corrected chi connectivity index (χ0v) is 16.2. The Labute approximate surface area is 160 Å². The molecule has 0 bridgehead atoms. The summed E-state index contributed by atoms with van der Waals surface area (Å²) in [4.78, 5) is 43.0. The molecular formula is C18H21N3O5S. The number of hydrogen-bond donors (Lipinski definition) is 1. The van der Waals surface area contributed by atoms with Crippen molar-refractivity contribution in [2.24, 2.45) is 5.92 Å². The van der Waals surface area contributed by atoms with Crippen LogP contribution in [0.25, 0.3) is 10.2 Å². The Kier molecular flexibility index (Phi) is 5.71. The number of amides is 1. The van der Waals surface area contributed by atoms with Crippen molar-refractivity contribution in [3.8, 4) is 0 Å². The van der Waals surface area contributed by atoms with Gasteiger partial charge in [0.05, 0.1) is 32.1 Å². The van der Waals surface area contributed by atoms with Crippen molar-refractivity contribution in [2.75, 3.05) is 33.1 Å². The van der Waals surface area contributed by atoms with Gasteiger partial charge in [-0.1, -0.05) is 0 Å². The molecule has 1 aliphatic rings. The first-order valence-corrected chi connectivity index (χ1v) is 9.31. The molecule has 0 spiro atoms. The second-order valence-electron chi connectivity index (χ2n) is 6.47. The van der Waals surface area contributed by atoms with Gasteiger partial charge in [0.1, 0.15) is 9.71 Å². The van der Waals surface area contributed by atoms with E-state index in [-0.39, 0.29) is 24.3 Å². The molecule has 8 nitrogen and oxygen atoms in total. The van der Waals surface area contributed by atoms with E-state index in [0.717, 1.165) is 18.5 Å². The van der Waals surface area contributed by atoms with Crippen LogP contribution in [-0.4, -0.2) is 55.5 Å². The monoisotopic (exact) mass is 391 g/mol. The molecule has 1 N–H and O–H groups in total. The summed E-state index contributed by atoms with van der Waals surface area (Å²) in [6.07, 6.45) is 1.74. The van der Waals surface area contributed by atoms with Gasteiger partial charge in [-0.3, -0.25) is 14.5 Å². The van der Waals surface area contributed by atoms with Crippen LogP contribution in [0, 0.1) is 5.92 Å². The highest BCUT2D eigenvalue weighted by atomic mass is 32.1. The lowest BCUT2D eigenvalue weighted by molar-refractivity contribution is -0.141. The van der Waals surface area contributed by atoms with E-state index in [0.29, 0.717) is 27.3 Å². The molecule has 3 rings (SSSR count). The Hall–Kier alpha value is -2.52. The maximum atomic E-state index is 12.2. The number of carbonyl (C=O) groups excluding carboxylic acids is 3. The molecule has 1 aliphatic carbocycles. The van der Waals surface area contributed by atoms with Crippen molar-refractivity contribution in [3.63, 3.8) is 0 Å². The fraction of sp³-hybridized carbons (Fsp3) is 0.444. The molecule has 144 valence electrons. The van der Waals surface area contributed by atoms with E-state index in [1.165, 1.54) is 25.6 Å². The van der Waals surface area contributed by atoms with E-state index in [4.69, 9.17) is 4.74 Å². The quantitative estimate of drug-likeness (QED) is 0.721. The predicted octanol–water partition coefficient (Wildman–Crippen LogP) is 2.04. The molecule has 1 saturated carbocycles. The average molecular weight is 391 g/mol. The maximum absolute atomic E-state index is 12.2. The number of hydrogen-bond acceptors (Lipinski definition) is 8. The number of aromatic nitrogens is 1. The van der Waals surface area contributed by atoms with Crippen LogP contribution in [0.5, 0.6) is 0 Å². The normalized spacial score (nSPS) is 13.6. The van der Waals surface area contributed by atoms with Gasteiger partial charge >= 0.3 is 11.9 Å². The van der Waals surface area contributed by atoms with Gasteiger partial charge in [-0.2, -0.15) is 0 Å². The second kappa shape index (κ2) is 8.01. The fourth-order valence-electron chi connectivity index (χ4n) is 2.65. The van der Waals surface area contributed by atoms with E-state index in [9.17, 15) is 14.4 Å². The highest BCUT2D eigenvalue weighted by molar-refractivity contribution is 7.21. The molecule has 0 saturated heterocycles. The van der Waals surface area contributed by atoms with E-state index in [1.807, 2.05) is 12.1 Å². The zero-order valence-electron chi connectivity index (χ0n) is 15.4. The van der Waals surface area contributed by atoms with Crippen LogP contribution in [-0.2, 0) is 25.6 Å². The van der Waals surface area contributed by atoms with Gasteiger partial charge in [-0.25, -0.2) is 9.78 Å². The molecule has 1 fully saturated rings. The van der Waals surface area contributed by atoms with Crippen LogP contribution in [0.2, 0.25) is 0 Å². The summed E-state index contributed by atoms with van der Waals surface area (Å²) in [6.45, 7) is 0.594. The van der Waals surface area contributed by atoms with Crippen LogP contribution in [0.1, 0.15) is 28.2 Å². The van der Waals surface area contributed by atoms with E-state index < -0.39 is 5.97 Å². The molecule has 9 heteroatoms. The number of pyridine rings is 1. The summed E-state index contributed by atoms with van der Waals surface area (Å²) in [7, 11) is 4.44. The van der Waals surface area contributed by atoms with Gasteiger partial charge in [0.15, 0.2) is 0 Å². The molecule has 2 aromatic heterocycles. The molecule has 0 atom stereocenters. The summed E-state index contributed by atoms with van der Waals surface area (Å²) < 4.78 is 9.51. The molecule has 27 heavy (non-hydrogen) atoms.